The van der Waals surface area contributed by atoms with E-state index in [4.69, 9.17) is 4.52 Å². The summed E-state index contributed by atoms with van der Waals surface area (Å²) in [4.78, 5) is 5.07. The molecular formula is C12H11BrF3N3OS. The normalized spacial score (nSPS) is 11.8. The first-order chi connectivity index (χ1) is 9.92. The number of nitrogens with one attached hydrogen (secondary N) is 1. The first-order valence-corrected chi connectivity index (χ1v) is 7.67. The number of hydrogen-bond acceptors (Lipinski definition) is 5. The summed E-state index contributed by atoms with van der Waals surface area (Å²) in [7, 11) is 0. The summed E-state index contributed by atoms with van der Waals surface area (Å²) in [5, 5.41) is 5.93. The van der Waals surface area contributed by atoms with Crippen molar-refractivity contribution in [1.82, 2.24) is 15.5 Å². The van der Waals surface area contributed by atoms with Gasteiger partial charge in [-0.25, -0.2) is 0 Å². The van der Waals surface area contributed by atoms with E-state index >= 15 is 0 Å². The summed E-state index contributed by atoms with van der Waals surface area (Å²) in [5.74, 6) is 1.09. The van der Waals surface area contributed by atoms with Gasteiger partial charge in [0.2, 0.25) is 5.89 Å². The van der Waals surface area contributed by atoms with Crippen LogP contribution in [0.4, 0.5) is 13.2 Å². The van der Waals surface area contributed by atoms with Crippen molar-refractivity contribution in [3.8, 4) is 0 Å². The second kappa shape index (κ2) is 7.28. The highest BCUT2D eigenvalue weighted by Gasteiger charge is 2.26. The molecule has 0 fully saturated rings. The fraction of sp³-hybridized carbons (Fsp3) is 0.333. The zero-order valence-electron chi connectivity index (χ0n) is 10.7. The fourth-order valence-corrected chi connectivity index (χ4v) is 2.42. The van der Waals surface area contributed by atoms with Gasteiger partial charge in [-0.15, -0.1) is 11.8 Å². The Bertz CT molecular complexity index is 574. The molecule has 114 valence electrons. The Morgan fingerprint density at radius 2 is 1.95 bits per heavy atom. The molecule has 4 nitrogen and oxygen atoms in total. The maximum absolute atomic E-state index is 12.0. The maximum atomic E-state index is 12.0. The molecule has 21 heavy (non-hydrogen) atoms. The molecule has 9 heteroatoms. The summed E-state index contributed by atoms with van der Waals surface area (Å²) >= 11 is 4.86. The number of rotatable bonds is 6. The van der Waals surface area contributed by atoms with Crippen LogP contribution in [0.25, 0.3) is 0 Å². The highest BCUT2D eigenvalue weighted by Crippen LogP contribution is 2.23. The van der Waals surface area contributed by atoms with E-state index in [1.165, 1.54) is 11.8 Å². The zero-order valence-corrected chi connectivity index (χ0v) is 13.1. The number of hydrogen-bond donors (Lipinski definition) is 1. The van der Waals surface area contributed by atoms with Crippen molar-refractivity contribution in [1.29, 1.82) is 0 Å². The SMILES string of the molecule is FC(F)(F)CNCc1nc(CSc2ccc(Br)cc2)no1. The van der Waals surface area contributed by atoms with E-state index in [-0.39, 0.29) is 12.4 Å². The number of benzene rings is 1. The van der Waals surface area contributed by atoms with Gasteiger partial charge in [0.25, 0.3) is 0 Å². The molecule has 1 aromatic heterocycles. The number of thioether (sulfide) groups is 1. The van der Waals surface area contributed by atoms with Crippen LogP contribution in [0.1, 0.15) is 11.7 Å². The summed E-state index contributed by atoms with van der Waals surface area (Å²) in [5.41, 5.74) is 0. The molecule has 1 N–H and O–H groups in total. The van der Waals surface area contributed by atoms with Crippen LogP contribution < -0.4 is 5.32 Å². The largest absolute Gasteiger partial charge is 0.401 e. The van der Waals surface area contributed by atoms with Gasteiger partial charge >= 0.3 is 6.18 Å². The second-order valence-electron chi connectivity index (χ2n) is 4.07. The molecule has 2 rings (SSSR count). The Kier molecular flexibility index (Phi) is 5.65. The van der Waals surface area contributed by atoms with E-state index in [2.05, 4.69) is 31.4 Å². The van der Waals surface area contributed by atoms with E-state index < -0.39 is 12.7 Å². The van der Waals surface area contributed by atoms with Crippen LogP contribution in [0.2, 0.25) is 0 Å². The number of halogens is 4. The van der Waals surface area contributed by atoms with Crippen molar-refractivity contribution in [3.05, 3.63) is 40.5 Å². The minimum absolute atomic E-state index is 0.102. The maximum Gasteiger partial charge on any atom is 0.401 e. The van der Waals surface area contributed by atoms with Gasteiger partial charge in [-0.05, 0) is 24.3 Å². The molecule has 0 radical (unpaired) electrons. The molecule has 0 amide bonds. The molecule has 1 aromatic carbocycles. The molecular weight excluding hydrogens is 371 g/mol. The molecule has 0 bridgehead atoms. The van der Waals surface area contributed by atoms with Gasteiger partial charge in [-0.3, -0.25) is 0 Å². The first-order valence-electron chi connectivity index (χ1n) is 5.90. The van der Waals surface area contributed by atoms with Crippen molar-refractivity contribution < 1.29 is 17.7 Å². The van der Waals surface area contributed by atoms with Crippen LogP contribution in [0, 0.1) is 0 Å². The molecule has 0 saturated carbocycles. The molecule has 0 saturated heterocycles. The quantitative estimate of drug-likeness (QED) is 0.771. The fourth-order valence-electron chi connectivity index (χ4n) is 1.41. The molecule has 1 heterocycles. The van der Waals surface area contributed by atoms with Crippen molar-refractivity contribution in [2.45, 2.75) is 23.4 Å². The van der Waals surface area contributed by atoms with Crippen LogP contribution in [-0.2, 0) is 12.3 Å². The molecule has 0 aliphatic carbocycles. The first kappa shape index (κ1) is 16.3. The standard InChI is InChI=1S/C12H11BrF3N3OS/c13-8-1-3-9(4-2-8)21-6-10-18-11(20-19-10)5-17-7-12(14,15)16/h1-4,17H,5-7H2. The molecule has 0 aliphatic heterocycles. The van der Waals surface area contributed by atoms with Crippen LogP contribution in [-0.4, -0.2) is 22.9 Å². The molecule has 2 aromatic rings. The lowest BCUT2D eigenvalue weighted by Crippen LogP contribution is -2.28. The predicted octanol–water partition coefficient (Wildman–Crippen LogP) is 3.78. The van der Waals surface area contributed by atoms with Crippen LogP contribution >= 0.6 is 27.7 Å². The van der Waals surface area contributed by atoms with E-state index in [1.54, 1.807) is 0 Å². The lowest BCUT2D eigenvalue weighted by atomic mass is 10.4. The Hall–Kier alpha value is -1.06. The van der Waals surface area contributed by atoms with Gasteiger partial charge in [0, 0.05) is 9.37 Å². The van der Waals surface area contributed by atoms with Gasteiger partial charge in [-0.2, -0.15) is 18.2 Å². The van der Waals surface area contributed by atoms with Crippen LogP contribution in [0.15, 0.2) is 38.2 Å². The highest BCUT2D eigenvalue weighted by molar-refractivity contribution is 9.10. The minimum atomic E-state index is -4.25. The summed E-state index contributed by atoms with van der Waals surface area (Å²) in [6.07, 6.45) is -4.25. The van der Waals surface area contributed by atoms with Crippen molar-refractivity contribution in [3.63, 3.8) is 0 Å². The third-order valence-corrected chi connectivity index (χ3v) is 3.83. The van der Waals surface area contributed by atoms with Crippen LogP contribution in [0.5, 0.6) is 0 Å². The van der Waals surface area contributed by atoms with Crippen molar-refractivity contribution >= 4 is 27.7 Å². The lowest BCUT2D eigenvalue weighted by molar-refractivity contribution is -0.125. The lowest BCUT2D eigenvalue weighted by Gasteiger charge is -2.05. The monoisotopic (exact) mass is 381 g/mol. The Morgan fingerprint density at radius 1 is 1.24 bits per heavy atom. The van der Waals surface area contributed by atoms with Gasteiger partial charge in [0.1, 0.15) is 0 Å². The van der Waals surface area contributed by atoms with Gasteiger partial charge < -0.3 is 9.84 Å². The predicted molar refractivity (Wildman–Crippen MR) is 75.8 cm³/mol. The highest BCUT2D eigenvalue weighted by atomic mass is 79.9. The number of alkyl halides is 3. The molecule has 0 unspecified atom stereocenters. The van der Waals surface area contributed by atoms with Crippen LogP contribution in [0.3, 0.4) is 0 Å². The number of aromatic nitrogens is 2. The van der Waals surface area contributed by atoms with E-state index in [9.17, 15) is 13.2 Å². The smallest absolute Gasteiger partial charge is 0.338 e. The third kappa shape index (κ3) is 6.06. The zero-order chi connectivity index (χ0) is 15.3. The average Bonchev–Trinajstić information content (AvgIpc) is 2.85. The van der Waals surface area contributed by atoms with Crippen molar-refractivity contribution in [2.75, 3.05) is 6.54 Å². The van der Waals surface area contributed by atoms with E-state index in [0.717, 1.165) is 9.37 Å². The topological polar surface area (TPSA) is 51.0 Å². The summed E-state index contributed by atoms with van der Waals surface area (Å²) in [6, 6.07) is 7.73. The van der Waals surface area contributed by atoms with Gasteiger partial charge in [0.05, 0.1) is 18.8 Å². The second-order valence-corrected chi connectivity index (χ2v) is 6.03. The third-order valence-electron chi connectivity index (χ3n) is 2.29. The van der Waals surface area contributed by atoms with E-state index in [0.29, 0.717) is 11.6 Å². The average molecular weight is 382 g/mol. The van der Waals surface area contributed by atoms with E-state index in [1.807, 2.05) is 24.3 Å². The van der Waals surface area contributed by atoms with Gasteiger partial charge in [-0.1, -0.05) is 21.1 Å². The summed E-state index contributed by atoms with van der Waals surface area (Å²) < 4.78 is 41.8. The minimum Gasteiger partial charge on any atom is -0.338 e. The number of nitrogens with zero attached hydrogens (tertiary/aromatic N) is 2. The molecule has 0 spiro atoms. The summed E-state index contributed by atoms with van der Waals surface area (Å²) in [6.45, 7) is -1.19. The molecule has 0 aliphatic rings. The Morgan fingerprint density at radius 3 is 2.62 bits per heavy atom. The molecule has 0 atom stereocenters. The van der Waals surface area contributed by atoms with Gasteiger partial charge in [0.15, 0.2) is 5.82 Å². The Balaban J connectivity index is 1.79. The Labute approximate surface area is 131 Å². The van der Waals surface area contributed by atoms with Crippen molar-refractivity contribution in [2.24, 2.45) is 0 Å².